The molecule has 6 nitrogen and oxygen atoms in total. The number of carbonyl (C=O) groups is 1. The van der Waals surface area contributed by atoms with Crippen LogP contribution < -0.4 is 4.74 Å². The van der Waals surface area contributed by atoms with Gasteiger partial charge in [-0.05, 0) is 55.5 Å². The Morgan fingerprint density at radius 1 is 1.21 bits per heavy atom. The molecule has 0 bridgehead atoms. The third-order valence-corrected chi connectivity index (χ3v) is 7.22. The number of methoxy groups -OCH3 is 1. The summed E-state index contributed by atoms with van der Waals surface area (Å²) in [5.41, 5.74) is 2.90. The molecule has 0 fully saturated rings. The molecule has 5 rings (SSSR count). The Labute approximate surface area is 170 Å². The van der Waals surface area contributed by atoms with E-state index in [0.29, 0.717) is 16.5 Å². The van der Waals surface area contributed by atoms with Gasteiger partial charge in [-0.25, -0.2) is 4.98 Å². The average Bonchev–Trinajstić information content (AvgIpc) is 3.32. The number of hydrogen-bond acceptors (Lipinski definition) is 7. The van der Waals surface area contributed by atoms with Crippen LogP contribution in [-0.4, -0.2) is 38.2 Å². The van der Waals surface area contributed by atoms with E-state index in [9.17, 15) is 4.79 Å². The minimum absolute atomic E-state index is 0.0475. The van der Waals surface area contributed by atoms with Gasteiger partial charge in [0.1, 0.15) is 16.9 Å². The molecule has 8 heteroatoms. The molecule has 0 unspecified atom stereocenters. The van der Waals surface area contributed by atoms with Crippen molar-refractivity contribution < 1.29 is 9.53 Å². The van der Waals surface area contributed by atoms with Gasteiger partial charge < -0.3 is 4.74 Å². The fraction of sp³-hybridized carbons (Fsp3) is 0.300. The van der Waals surface area contributed by atoms with Crippen molar-refractivity contribution in [3.8, 4) is 5.75 Å². The summed E-state index contributed by atoms with van der Waals surface area (Å²) in [7, 11) is 1.61. The smallest absolute Gasteiger partial charge is 0.197 e. The summed E-state index contributed by atoms with van der Waals surface area (Å²) in [6.07, 6.45) is 6.46. The van der Waals surface area contributed by atoms with E-state index in [1.807, 2.05) is 4.40 Å². The SMILES string of the molecule is COc1ccc(C(=O)CSc2nnc3c4c5c(sc4ncn23)CCCC5)cc1. The molecule has 3 heterocycles. The maximum Gasteiger partial charge on any atom is 0.197 e. The van der Waals surface area contributed by atoms with Crippen molar-refractivity contribution >= 4 is 44.7 Å². The lowest BCUT2D eigenvalue weighted by Crippen LogP contribution is -2.03. The summed E-state index contributed by atoms with van der Waals surface area (Å²) in [5, 5.41) is 10.6. The van der Waals surface area contributed by atoms with Gasteiger partial charge in [0.05, 0.1) is 18.2 Å². The Hall–Kier alpha value is -2.45. The van der Waals surface area contributed by atoms with Crippen LogP contribution in [0.1, 0.15) is 33.6 Å². The zero-order valence-electron chi connectivity index (χ0n) is 15.3. The monoisotopic (exact) mass is 410 g/mol. The van der Waals surface area contributed by atoms with Crippen molar-refractivity contribution in [3.63, 3.8) is 0 Å². The number of thiophene rings is 1. The molecular weight excluding hydrogens is 392 g/mol. The van der Waals surface area contributed by atoms with E-state index in [1.165, 1.54) is 35.0 Å². The number of aryl methyl sites for hydroxylation is 2. The number of carbonyl (C=O) groups excluding carboxylic acids is 1. The lowest BCUT2D eigenvalue weighted by atomic mass is 9.97. The van der Waals surface area contributed by atoms with E-state index in [2.05, 4.69) is 15.2 Å². The average molecular weight is 411 g/mol. The first kappa shape index (κ1) is 17.6. The van der Waals surface area contributed by atoms with Crippen molar-refractivity contribution in [3.05, 3.63) is 46.6 Å². The molecule has 3 aromatic heterocycles. The molecule has 0 amide bonds. The Bertz CT molecular complexity index is 1180. The second-order valence-corrected chi connectivity index (χ2v) is 8.78. The van der Waals surface area contributed by atoms with Crippen LogP contribution in [0.5, 0.6) is 5.75 Å². The molecule has 0 saturated carbocycles. The van der Waals surface area contributed by atoms with Crippen LogP contribution in [0.15, 0.2) is 35.7 Å². The van der Waals surface area contributed by atoms with Crippen LogP contribution in [0.25, 0.3) is 15.9 Å². The second kappa shape index (κ2) is 7.18. The topological polar surface area (TPSA) is 69.4 Å². The van der Waals surface area contributed by atoms with Crippen LogP contribution in [0.2, 0.25) is 0 Å². The summed E-state index contributed by atoms with van der Waals surface area (Å²) in [4.78, 5) is 19.6. The number of rotatable bonds is 5. The van der Waals surface area contributed by atoms with Crippen molar-refractivity contribution in [1.29, 1.82) is 0 Å². The van der Waals surface area contributed by atoms with Gasteiger partial charge in [0.25, 0.3) is 0 Å². The van der Waals surface area contributed by atoms with Crippen molar-refractivity contribution in [2.75, 3.05) is 12.9 Å². The molecule has 0 saturated heterocycles. The number of Topliss-reactive ketones (excluding diaryl/α,β-unsaturated/α-hetero) is 1. The third-order valence-electron chi connectivity index (χ3n) is 5.08. The van der Waals surface area contributed by atoms with E-state index in [4.69, 9.17) is 4.74 Å². The zero-order chi connectivity index (χ0) is 19.1. The predicted octanol–water partition coefficient (Wildman–Crippen LogP) is 4.20. The molecule has 1 aromatic carbocycles. The third kappa shape index (κ3) is 2.97. The van der Waals surface area contributed by atoms with E-state index < -0.39 is 0 Å². The van der Waals surface area contributed by atoms with Gasteiger partial charge in [-0.2, -0.15) is 0 Å². The maximum absolute atomic E-state index is 12.5. The molecule has 4 aromatic rings. The van der Waals surface area contributed by atoms with Crippen LogP contribution in [0.3, 0.4) is 0 Å². The van der Waals surface area contributed by atoms with Crippen molar-refractivity contribution in [2.24, 2.45) is 0 Å². The molecule has 1 aliphatic carbocycles. The molecule has 1 aliphatic rings. The van der Waals surface area contributed by atoms with Crippen molar-refractivity contribution in [1.82, 2.24) is 19.6 Å². The number of thioether (sulfide) groups is 1. The molecule has 0 N–H and O–H groups in total. The molecule has 142 valence electrons. The molecule has 0 aliphatic heterocycles. The summed E-state index contributed by atoms with van der Waals surface area (Å²) >= 11 is 3.17. The second-order valence-electron chi connectivity index (χ2n) is 6.75. The van der Waals surface area contributed by atoms with Crippen LogP contribution in [0.4, 0.5) is 0 Å². The van der Waals surface area contributed by atoms with Crippen LogP contribution in [0, 0.1) is 0 Å². The zero-order valence-corrected chi connectivity index (χ0v) is 17.0. The van der Waals surface area contributed by atoms with Gasteiger partial charge in [0, 0.05) is 10.4 Å². The summed E-state index contributed by atoms with van der Waals surface area (Å²) in [6.45, 7) is 0. The highest BCUT2D eigenvalue weighted by Gasteiger charge is 2.21. The minimum atomic E-state index is 0.0475. The molecule has 0 atom stereocenters. The lowest BCUT2D eigenvalue weighted by Gasteiger charge is -2.10. The Kier molecular flexibility index (Phi) is 4.52. The van der Waals surface area contributed by atoms with Crippen LogP contribution >= 0.6 is 23.1 Å². The fourth-order valence-corrected chi connectivity index (χ4v) is 5.65. The minimum Gasteiger partial charge on any atom is -0.497 e. The van der Waals surface area contributed by atoms with Gasteiger partial charge in [-0.1, -0.05) is 11.8 Å². The highest BCUT2D eigenvalue weighted by atomic mass is 32.2. The summed E-state index contributed by atoms with van der Waals surface area (Å²) in [5.74, 6) is 1.08. The Morgan fingerprint density at radius 3 is 2.86 bits per heavy atom. The molecule has 0 radical (unpaired) electrons. The number of fused-ring (bicyclic) bond motifs is 5. The van der Waals surface area contributed by atoms with Gasteiger partial charge >= 0.3 is 0 Å². The number of ketones is 1. The van der Waals surface area contributed by atoms with E-state index >= 15 is 0 Å². The normalized spacial score (nSPS) is 13.8. The summed E-state index contributed by atoms with van der Waals surface area (Å²) in [6, 6.07) is 7.16. The van der Waals surface area contributed by atoms with E-state index in [-0.39, 0.29) is 5.78 Å². The predicted molar refractivity (Wildman–Crippen MR) is 111 cm³/mol. The molecular formula is C20H18N4O2S2. The highest BCUT2D eigenvalue weighted by Crippen LogP contribution is 2.37. The number of ether oxygens (including phenoxy) is 1. The van der Waals surface area contributed by atoms with Gasteiger partial charge in [0.2, 0.25) is 0 Å². The lowest BCUT2D eigenvalue weighted by molar-refractivity contribution is 0.102. The molecule has 28 heavy (non-hydrogen) atoms. The number of nitrogens with zero attached hydrogens (tertiary/aromatic N) is 4. The Balaban J connectivity index is 1.42. The van der Waals surface area contributed by atoms with Gasteiger partial charge in [0.15, 0.2) is 16.6 Å². The standard InChI is InChI=1S/C20H18N4O2S2/c1-26-13-8-6-12(7-9-13)15(25)10-27-20-23-22-18-17-14-4-2-3-5-16(14)28-19(17)21-11-24(18)20/h6-9,11H,2-5,10H2,1H3. The van der Waals surface area contributed by atoms with Gasteiger partial charge in [-0.15, -0.1) is 21.5 Å². The highest BCUT2D eigenvalue weighted by molar-refractivity contribution is 7.99. The Morgan fingerprint density at radius 2 is 2.04 bits per heavy atom. The number of hydrogen-bond donors (Lipinski definition) is 0. The van der Waals surface area contributed by atoms with Crippen molar-refractivity contribution in [2.45, 2.75) is 30.8 Å². The quantitative estimate of drug-likeness (QED) is 0.363. The molecule has 0 spiro atoms. The first-order valence-corrected chi connectivity index (χ1v) is 11.0. The number of benzene rings is 1. The summed E-state index contributed by atoms with van der Waals surface area (Å²) < 4.78 is 7.05. The first-order valence-electron chi connectivity index (χ1n) is 9.18. The van der Waals surface area contributed by atoms with Gasteiger partial charge in [-0.3, -0.25) is 9.20 Å². The van der Waals surface area contributed by atoms with E-state index in [1.54, 1.807) is 49.0 Å². The fourth-order valence-electron chi connectivity index (χ4n) is 3.62. The number of aromatic nitrogens is 4. The van der Waals surface area contributed by atoms with Crippen LogP contribution in [-0.2, 0) is 12.8 Å². The maximum atomic E-state index is 12.5. The van der Waals surface area contributed by atoms with E-state index in [0.717, 1.165) is 34.5 Å². The largest absolute Gasteiger partial charge is 0.497 e. The first-order chi connectivity index (χ1) is 13.7.